The summed E-state index contributed by atoms with van der Waals surface area (Å²) < 4.78 is 29.2. The smallest absolute Gasteiger partial charge is 0.307 e. The number of nitrogens with zero attached hydrogens (tertiary/aromatic N) is 6. The van der Waals surface area contributed by atoms with Gasteiger partial charge in [-0.15, -0.1) is 22.7 Å². The zero-order valence-electron chi connectivity index (χ0n) is 46.1. The van der Waals surface area contributed by atoms with E-state index in [9.17, 15) is 19.2 Å². The van der Waals surface area contributed by atoms with E-state index in [-0.39, 0.29) is 36.5 Å². The minimum Gasteiger partial charge on any atom is -0.494 e. The van der Waals surface area contributed by atoms with Crippen molar-refractivity contribution in [3.8, 4) is 11.5 Å². The summed E-state index contributed by atoms with van der Waals surface area (Å²) in [7, 11) is 0. The highest BCUT2D eigenvalue weighted by Gasteiger charge is 2.21. The molecule has 0 aliphatic carbocycles. The van der Waals surface area contributed by atoms with E-state index in [0.717, 1.165) is 153 Å². The molecule has 422 valence electrons. The van der Waals surface area contributed by atoms with E-state index in [0.29, 0.717) is 48.6 Å². The summed E-state index contributed by atoms with van der Waals surface area (Å²) in [5.41, 5.74) is 3.58. The minimum absolute atomic E-state index is 0.144. The molecule has 2 saturated heterocycles. The van der Waals surface area contributed by atoms with Crippen molar-refractivity contribution in [2.45, 2.75) is 103 Å². The Morgan fingerprint density at radius 1 is 0.438 bits per heavy atom. The van der Waals surface area contributed by atoms with Crippen LogP contribution in [0, 0.1) is 0 Å². The average Bonchev–Trinajstić information content (AvgIpc) is 4.20. The van der Waals surface area contributed by atoms with Gasteiger partial charge in [0.1, 0.15) is 11.5 Å². The third kappa shape index (κ3) is 15.2. The van der Waals surface area contributed by atoms with Gasteiger partial charge in [0.2, 0.25) is 0 Å². The van der Waals surface area contributed by atoms with Gasteiger partial charge in [0.05, 0.1) is 24.2 Å². The Balaban J connectivity index is 0.550. The molecule has 0 radical (unpaired) electrons. The number of hydrogen-bond donors (Lipinski definition) is 0. The molecule has 6 heterocycles. The van der Waals surface area contributed by atoms with Crippen molar-refractivity contribution >= 4 is 88.0 Å². The van der Waals surface area contributed by atoms with Crippen molar-refractivity contribution in [1.29, 1.82) is 0 Å². The minimum atomic E-state index is -0.320. The van der Waals surface area contributed by atoms with Crippen LogP contribution in [0.3, 0.4) is 0 Å². The molecule has 0 spiro atoms. The second-order valence-electron chi connectivity index (χ2n) is 21.2. The topological polar surface area (TPSA) is 128 Å². The maximum absolute atomic E-state index is 12.9. The van der Waals surface area contributed by atoms with E-state index >= 15 is 0 Å². The van der Waals surface area contributed by atoms with Gasteiger partial charge in [-0.3, -0.25) is 38.1 Å². The fraction of sp³-hybridized carbons (Fsp3) is 0.438. The first-order valence-electron chi connectivity index (χ1n) is 29.0. The van der Waals surface area contributed by atoms with Crippen molar-refractivity contribution in [1.82, 2.24) is 18.9 Å². The lowest BCUT2D eigenvalue weighted by Gasteiger charge is -2.36. The summed E-state index contributed by atoms with van der Waals surface area (Å²) in [5.74, 6) is 0.741. The van der Waals surface area contributed by atoms with Crippen molar-refractivity contribution in [3.05, 3.63) is 141 Å². The summed E-state index contributed by atoms with van der Waals surface area (Å²) in [5, 5.41) is 8.80. The monoisotopic (exact) mass is 1120 g/mol. The number of carbonyl (C=O) groups is 2. The van der Waals surface area contributed by atoms with E-state index in [4.69, 9.17) is 18.9 Å². The Hall–Kier alpha value is -6.72. The van der Waals surface area contributed by atoms with Crippen LogP contribution in [-0.2, 0) is 32.5 Å². The molecule has 0 atom stereocenters. The largest absolute Gasteiger partial charge is 0.494 e. The van der Waals surface area contributed by atoms with Gasteiger partial charge in [0.25, 0.3) is 11.1 Å². The molecule has 0 amide bonds. The molecule has 16 heteroatoms. The van der Waals surface area contributed by atoms with Crippen LogP contribution in [0.4, 0.5) is 11.4 Å². The van der Waals surface area contributed by atoms with Gasteiger partial charge in [0, 0.05) is 121 Å². The van der Waals surface area contributed by atoms with Crippen LogP contribution < -0.4 is 30.4 Å². The number of benzene rings is 4. The maximum Gasteiger partial charge on any atom is 0.307 e. The number of unbranched alkanes of at least 4 members (excludes halogenated alkanes) is 9. The van der Waals surface area contributed by atoms with Crippen LogP contribution in [0.25, 0.3) is 42.0 Å². The normalized spacial score (nSPS) is 14.4. The second-order valence-corrected chi connectivity index (χ2v) is 23.1. The number of carbonyl (C=O) groups excluding carboxylic acids is 2. The number of hydrogen-bond acceptors (Lipinski definition) is 14. The molecular formula is C64H76N6O8S2. The van der Waals surface area contributed by atoms with Crippen molar-refractivity contribution in [2.75, 3.05) is 88.5 Å². The average molecular weight is 1120 g/mol. The Morgan fingerprint density at radius 3 is 1.29 bits per heavy atom. The van der Waals surface area contributed by atoms with Crippen LogP contribution in [-0.4, -0.2) is 110 Å². The maximum atomic E-state index is 12.9. The summed E-state index contributed by atoms with van der Waals surface area (Å²) in [6.45, 7) is 11.3. The number of pyridine rings is 2. The number of aromatic nitrogens is 2. The van der Waals surface area contributed by atoms with Crippen LogP contribution in [0.15, 0.2) is 130 Å². The predicted octanol–water partition coefficient (Wildman–Crippen LogP) is 12.3. The van der Waals surface area contributed by atoms with Crippen molar-refractivity contribution in [2.24, 2.45) is 0 Å². The lowest BCUT2D eigenvalue weighted by atomic mass is 10.1. The zero-order chi connectivity index (χ0) is 54.9. The lowest BCUT2D eigenvalue weighted by Crippen LogP contribution is -2.46. The molecule has 0 saturated carbocycles. The molecule has 2 aliphatic rings. The van der Waals surface area contributed by atoms with E-state index in [2.05, 4.69) is 78.9 Å². The van der Waals surface area contributed by atoms with E-state index in [1.807, 2.05) is 36.4 Å². The van der Waals surface area contributed by atoms with E-state index < -0.39 is 0 Å². The Morgan fingerprint density at radius 2 is 0.850 bits per heavy atom. The summed E-state index contributed by atoms with van der Waals surface area (Å²) in [6.07, 6.45) is 11.9. The number of esters is 2. The number of thiophene rings is 2. The van der Waals surface area contributed by atoms with Crippen LogP contribution in [0.5, 0.6) is 11.5 Å². The molecular weight excluding hydrogens is 1040 g/mol. The number of ether oxygens (including phenoxy) is 4. The first kappa shape index (κ1) is 56.6. The molecule has 4 aromatic heterocycles. The highest BCUT2D eigenvalue weighted by Crippen LogP contribution is 2.33. The standard InChI is InChI=1S/C64H76N6O8S2/c71-61-27-23-49-21-25-51(75-41-11-9-31-65-33-37-67(38-34-65)55-15-13-17-59-53(55)29-43-79-59)45-57(49)69(61)47-77-63(73)19-7-5-3-1-2-4-6-8-20-64(74)78-48-70-58-46-52(26-22-50(58)24-28-62(70)72)76-42-12-10-32-66-35-39-68(40-36-66)56-16-14-18-60-54(56)30-44-80-60/h13-18,21-30,43-46H,1-12,19-20,31-42,47-48H2. The van der Waals surface area contributed by atoms with Crippen LogP contribution >= 0.6 is 22.7 Å². The number of piperazine rings is 2. The molecule has 2 fully saturated rings. The Kier molecular flexibility index (Phi) is 20.2. The number of rotatable bonds is 29. The van der Waals surface area contributed by atoms with Crippen LogP contribution in [0.1, 0.15) is 89.9 Å². The second kappa shape index (κ2) is 28.6. The Bertz CT molecular complexity index is 3200. The van der Waals surface area contributed by atoms with Gasteiger partial charge >= 0.3 is 11.9 Å². The third-order valence-corrected chi connectivity index (χ3v) is 17.6. The van der Waals surface area contributed by atoms with E-state index in [1.165, 1.54) is 52.8 Å². The molecule has 14 nitrogen and oxygen atoms in total. The van der Waals surface area contributed by atoms with Gasteiger partial charge in [-0.25, -0.2) is 0 Å². The summed E-state index contributed by atoms with van der Waals surface area (Å²) in [4.78, 5) is 61.5. The van der Waals surface area contributed by atoms with Crippen molar-refractivity contribution < 1.29 is 28.5 Å². The molecule has 80 heavy (non-hydrogen) atoms. The highest BCUT2D eigenvalue weighted by molar-refractivity contribution is 7.17. The molecule has 0 N–H and O–H groups in total. The quantitative estimate of drug-likeness (QED) is 0.0327. The van der Waals surface area contributed by atoms with Crippen molar-refractivity contribution in [3.63, 3.8) is 0 Å². The third-order valence-electron chi connectivity index (χ3n) is 15.8. The van der Waals surface area contributed by atoms with Gasteiger partial charge < -0.3 is 28.7 Å². The summed E-state index contributed by atoms with van der Waals surface area (Å²) in [6, 6.07) is 35.7. The van der Waals surface area contributed by atoms with Gasteiger partial charge in [-0.05, 0) is 146 Å². The van der Waals surface area contributed by atoms with E-state index in [1.54, 1.807) is 34.8 Å². The Labute approximate surface area is 477 Å². The molecule has 0 unspecified atom stereocenters. The summed E-state index contributed by atoms with van der Waals surface area (Å²) >= 11 is 3.60. The molecule has 10 rings (SSSR count). The zero-order valence-corrected chi connectivity index (χ0v) is 47.7. The van der Waals surface area contributed by atoms with Gasteiger partial charge in [-0.2, -0.15) is 0 Å². The molecule has 8 aromatic rings. The first-order chi connectivity index (χ1) is 39.3. The highest BCUT2D eigenvalue weighted by atomic mass is 32.1. The van der Waals surface area contributed by atoms with Gasteiger partial charge in [-0.1, -0.05) is 50.7 Å². The van der Waals surface area contributed by atoms with Gasteiger partial charge in [0.15, 0.2) is 13.5 Å². The SMILES string of the molecule is O=C(CCCCCCCCCCC(=O)OCn1c(=O)ccc2ccc(OCCCCN3CCN(c4cccc5sccc45)CC3)cc21)OCn1c(=O)ccc2ccc(OCCCCN3CCN(c4cccc5sccc45)CC3)cc21. The van der Waals surface area contributed by atoms with Crippen LogP contribution in [0.2, 0.25) is 0 Å². The molecule has 4 aromatic carbocycles. The lowest BCUT2D eigenvalue weighted by molar-refractivity contribution is -0.148. The fourth-order valence-corrected chi connectivity index (χ4v) is 12.8. The molecule has 0 bridgehead atoms. The number of fused-ring (bicyclic) bond motifs is 4. The molecule has 2 aliphatic heterocycles. The predicted molar refractivity (Wildman–Crippen MR) is 325 cm³/mol. The first-order valence-corrected chi connectivity index (χ1v) is 30.8. The number of anilines is 2. The fourth-order valence-electron chi connectivity index (χ4n) is 11.2.